The zero-order valence-corrected chi connectivity index (χ0v) is 9.07. The Morgan fingerprint density at radius 2 is 1.70 bits per heavy atom. The van der Waals surface area contributed by atoms with E-state index in [0.29, 0.717) is 5.41 Å². The second-order valence-electron chi connectivity index (χ2n) is 3.64. The Kier molecular flexibility index (Phi) is 5.74. The van der Waals surface area contributed by atoms with Crippen LogP contribution in [0.2, 0.25) is 0 Å². The number of rotatable bonds is 4. The van der Waals surface area contributed by atoms with Crippen molar-refractivity contribution in [1.82, 2.24) is 0 Å². The van der Waals surface area contributed by atoms with Gasteiger partial charge in [0.1, 0.15) is 0 Å². The first-order valence-corrected chi connectivity index (χ1v) is 6.29. The molecule has 10 heavy (non-hydrogen) atoms. The molecule has 0 saturated heterocycles. The standard InChI is InChI=1S/C8H18S2/c1-5-6-9-10-7-8(2,3)4/h5-7H2,1-4H3. The SMILES string of the molecule is CCCSSCC(C)(C)C. The summed E-state index contributed by atoms with van der Waals surface area (Å²) in [6, 6.07) is 0. The van der Waals surface area contributed by atoms with E-state index in [1.165, 1.54) is 17.9 Å². The van der Waals surface area contributed by atoms with Gasteiger partial charge in [-0.2, -0.15) is 0 Å². The van der Waals surface area contributed by atoms with Crippen molar-refractivity contribution in [2.45, 2.75) is 34.1 Å². The van der Waals surface area contributed by atoms with Crippen LogP contribution in [0.5, 0.6) is 0 Å². The highest BCUT2D eigenvalue weighted by Gasteiger charge is 2.09. The van der Waals surface area contributed by atoms with Crippen LogP contribution in [0, 0.1) is 5.41 Å². The van der Waals surface area contributed by atoms with E-state index in [2.05, 4.69) is 27.7 Å². The Labute approximate surface area is 72.9 Å². The van der Waals surface area contributed by atoms with Crippen molar-refractivity contribution < 1.29 is 0 Å². The highest BCUT2D eigenvalue weighted by atomic mass is 33.1. The Morgan fingerprint density at radius 3 is 2.10 bits per heavy atom. The van der Waals surface area contributed by atoms with Gasteiger partial charge in [0.25, 0.3) is 0 Å². The second kappa shape index (κ2) is 5.36. The van der Waals surface area contributed by atoms with Gasteiger partial charge in [0, 0.05) is 11.5 Å². The molecule has 0 unspecified atom stereocenters. The van der Waals surface area contributed by atoms with Crippen molar-refractivity contribution in [2.24, 2.45) is 5.41 Å². The number of hydrogen-bond acceptors (Lipinski definition) is 2. The summed E-state index contributed by atoms with van der Waals surface area (Å²) in [6.07, 6.45) is 1.29. The van der Waals surface area contributed by atoms with Gasteiger partial charge in [-0.05, 0) is 11.8 Å². The molecule has 0 N–H and O–H groups in total. The molecule has 0 amide bonds. The summed E-state index contributed by atoms with van der Waals surface area (Å²) in [5.41, 5.74) is 0.491. The van der Waals surface area contributed by atoms with Crippen LogP contribution in [-0.4, -0.2) is 11.5 Å². The minimum absolute atomic E-state index is 0.491. The maximum absolute atomic E-state index is 2.28. The van der Waals surface area contributed by atoms with Crippen molar-refractivity contribution in [1.29, 1.82) is 0 Å². The molecule has 0 atom stereocenters. The maximum Gasteiger partial charge on any atom is 0.00856 e. The minimum Gasteiger partial charge on any atom is -0.0942 e. The van der Waals surface area contributed by atoms with Gasteiger partial charge in [-0.3, -0.25) is 0 Å². The zero-order chi connectivity index (χ0) is 8.04. The summed E-state index contributed by atoms with van der Waals surface area (Å²) >= 11 is 0. The molecule has 0 fully saturated rings. The van der Waals surface area contributed by atoms with E-state index in [1.54, 1.807) is 0 Å². The van der Waals surface area contributed by atoms with Crippen LogP contribution in [0.15, 0.2) is 0 Å². The van der Waals surface area contributed by atoms with Crippen LogP contribution in [0.3, 0.4) is 0 Å². The van der Waals surface area contributed by atoms with E-state index in [-0.39, 0.29) is 0 Å². The topological polar surface area (TPSA) is 0 Å². The maximum atomic E-state index is 2.28. The van der Waals surface area contributed by atoms with E-state index >= 15 is 0 Å². The third-order valence-corrected chi connectivity index (χ3v) is 3.94. The Bertz CT molecular complexity index is 73.8. The predicted molar refractivity (Wildman–Crippen MR) is 54.7 cm³/mol. The third kappa shape index (κ3) is 8.70. The average Bonchev–Trinajstić information content (AvgIpc) is 1.78. The van der Waals surface area contributed by atoms with Gasteiger partial charge in [-0.25, -0.2) is 0 Å². The molecule has 0 nitrogen and oxygen atoms in total. The van der Waals surface area contributed by atoms with Crippen molar-refractivity contribution in [3.05, 3.63) is 0 Å². The van der Waals surface area contributed by atoms with Gasteiger partial charge in [-0.1, -0.05) is 49.3 Å². The van der Waals surface area contributed by atoms with Crippen molar-refractivity contribution >= 4 is 21.6 Å². The van der Waals surface area contributed by atoms with Crippen molar-refractivity contribution in [3.8, 4) is 0 Å². The molecular formula is C8H18S2. The van der Waals surface area contributed by atoms with Gasteiger partial charge in [-0.15, -0.1) is 0 Å². The smallest absolute Gasteiger partial charge is 0.00856 e. The monoisotopic (exact) mass is 178 g/mol. The molecule has 0 radical (unpaired) electrons. The lowest BCUT2D eigenvalue weighted by Gasteiger charge is -2.16. The summed E-state index contributed by atoms with van der Waals surface area (Å²) in [7, 11) is 4.00. The first-order chi connectivity index (χ1) is 4.56. The fourth-order valence-electron chi connectivity index (χ4n) is 0.361. The van der Waals surface area contributed by atoms with E-state index in [4.69, 9.17) is 0 Å². The van der Waals surface area contributed by atoms with Crippen LogP contribution in [0.1, 0.15) is 34.1 Å². The lowest BCUT2D eigenvalue weighted by Crippen LogP contribution is -2.07. The normalized spacial score (nSPS) is 12.0. The molecule has 0 aliphatic carbocycles. The van der Waals surface area contributed by atoms with E-state index in [1.807, 2.05) is 21.6 Å². The van der Waals surface area contributed by atoms with E-state index in [9.17, 15) is 0 Å². The summed E-state index contributed by atoms with van der Waals surface area (Å²) in [6.45, 7) is 9.08. The Hall–Kier alpha value is 0.700. The lowest BCUT2D eigenvalue weighted by molar-refractivity contribution is 0.482. The molecule has 0 spiro atoms. The average molecular weight is 178 g/mol. The van der Waals surface area contributed by atoms with E-state index < -0.39 is 0 Å². The van der Waals surface area contributed by atoms with E-state index in [0.717, 1.165) is 0 Å². The highest BCUT2D eigenvalue weighted by Crippen LogP contribution is 2.29. The zero-order valence-electron chi connectivity index (χ0n) is 7.44. The van der Waals surface area contributed by atoms with Crippen LogP contribution >= 0.6 is 21.6 Å². The molecular weight excluding hydrogens is 160 g/mol. The van der Waals surface area contributed by atoms with Crippen LogP contribution in [0.25, 0.3) is 0 Å². The van der Waals surface area contributed by atoms with Gasteiger partial charge in [0.05, 0.1) is 0 Å². The molecule has 0 aromatic heterocycles. The first-order valence-electron chi connectivity index (χ1n) is 3.80. The molecule has 0 aliphatic rings. The van der Waals surface area contributed by atoms with Crippen LogP contribution in [0.4, 0.5) is 0 Å². The van der Waals surface area contributed by atoms with Crippen molar-refractivity contribution in [3.63, 3.8) is 0 Å². The highest BCUT2D eigenvalue weighted by molar-refractivity contribution is 8.76. The lowest BCUT2D eigenvalue weighted by atomic mass is 10.0. The predicted octanol–water partition coefficient (Wildman–Crippen LogP) is 3.82. The van der Waals surface area contributed by atoms with Crippen LogP contribution in [-0.2, 0) is 0 Å². The molecule has 0 bridgehead atoms. The van der Waals surface area contributed by atoms with Crippen LogP contribution < -0.4 is 0 Å². The third-order valence-electron chi connectivity index (χ3n) is 0.863. The summed E-state index contributed by atoms with van der Waals surface area (Å²) in [5, 5.41) is 0. The molecule has 0 aromatic rings. The summed E-state index contributed by atoms with van der Waals surface area (Å²) < 4.78 is 0. The van der Waals surface area contributed by atoms with Crippen molar-refractivity contribution in [2.75, 3.05) is 11.5 Å². The fourth-order valence-corrected chi connectivity index (χ4v) is 3.25. The molecule has 62 valence electrons. The minimum atomic E-state index is 0.491. The largest absolute Gasteiger partial charge is 0.0942 e. The Balaban J connectivity index is 3.04. The molecule has 0 aromatic carbocycles. The molecule has 0 aliphatic heterocycles. The Morgan fingerprint density at radius 1 is 1.10 bits per heavy atom. The molecule has 0 rings (SSSR count). The van der Waals surface area contributed by atoms with Gasteiger partial charge < -0.3 is 0 Å². The molecule has 2 heteroatoms. The first kappa shape index (κ1) is 10.7. The quantitative estimate of drug-likeness (QED) is 0.474. The van der Waals surface area contributed by atoms with Gasteiger partial charge in [0.15, 0.2) is 0 Å². The summed E-state index contributed by atoms with van der Waals surface area (Å²) in [5.74, 6) is 2.55. The number of hydrogen-bond donors (Lipinski definition) is 0. The van der Waals surface area contributed by atoms with Gasteiger partial charge in [0.2, 0.25) is 0 Å². The summed E-state index contributed by atoms with van der Waals surface area (Å²) in [4.78, 5) is 0. The molecule has 0 heterocycles. The second-order valence-corrected chi connectivity index (χ2v) is 6.23. The fraction of sp³-hybridized carbons (Fsp3) is 1.00. The van der Waals surface area contributed by atoms with Gasteiger partial charge >= 0.3 is 0 Å². The molecule has 0 saturated carbocycles.